The van der Waals surface area contributed by atoms with E-state index in [1.165, 1.54) is 21.7 Å². The lowest BCUT2D eigenvalue weighted by Crippen LogP contribution is -1.88. The molecule has 0 radical (unpaired) electrons. The average Bonchev–Trinajstić information content (AvgIpc) is 2.37. The van der Waals surface area contributed by atoms with Crippen molar-refractivity contribution in [3.8, 4) is 0 Å². The second-order valence-electron chi connectivity index (χ2n) is 4.46. The van der Waals surface area contributed by atoms with Gasteiger partial charge in [0.2, 0.25) is 0 Å². The van der Waals surface area contributed by atoms with E-state index in [9.17, 15) is 5.11 Å². The molecule has 0 spiro atoms. The molecule has 0 aromatic heterocycles. The molecule has 0 atom stereocenters. The molecular weight excluding hydrogens is 208 g/mol. The first kappa shape index (κ1) is 10.3. The van der Waals surface area contributed by atoms with Crippen molar-refractivity contribution in [3.05, 3.63) is 59.7 Å². The first-order chi connectivity index (χ1) is 8.29. The standard InChI is InChI=1S/C16H14O/c1-11-8-13(10-17)15-7-6-12-4-2-3-5-14(12)16(15)9-11/h2-9,17H,10H2,1H3. The van der Waals surface area contributed by atoms with E-state index < -0.39 is 0 Å². The molecule has 0 heterocycles. The quantitative estimate of drug-likeness (QED) is 0.621. The Bertz CT molecular complexity index is 698. The van der Waals surface area contributed by atoms with Crippen LogP contribution in [0.5, 0.6) is 0 Å². The van der Waals surface area contributed by atoms with E-state index in [2.05, 4.69) is 55.5 Å². The van der Waals surface area contributed by atoms with Crippen molar-refractivity contribution in [2.45, 2.75) is 13.5 Å². The summed E-state index contributed by atoms with van der Waals surface area (Å²) in [5.41, 5.74) is 2.20. The number of hydrogen-bond acceptors (Lipinski definition) is 1. The second-order valence-corrected chi connectivity index (χ2v) is 4.46. The van der Waals surface area contributed by atoms with Crippen molar-refractivity contribution in [2.75, 3.05) is 0 Å². The molecule has 0 aliphatic heterocycles. The molecule has 3 aromatic carbocycles. The molecule has 17 heavy (non-hydrogen) atoms. The SMILES string of the molecule is Cc1cc(CO)c2ccc3ccccc3c2c1. The average molecular weight is 222 g/mol. The minimum atomic E-state index is 0.0938. The summed E-state index contributed by atoms with van der Waals surface area (Å²) in [6, 6.07) is 16.8. The Morgan fingerprint density at radius 2 is 1.71 bits per heavy atom. The highest BCUT2D eigenvalue weighted by Crippen LogP contribution is 2.28. The molecule has 1 N–H and O–H groups in total. The number of rotatable bonds is 1. The molecule has 0 saturated carbocycles. The van der Waals surface area contributed by atoms with Gasteiger partial charge >= 0.3 is 0 Å². The van der Waals surface area contributed by atoms with Gasteiger partial charge in [0.05, 0.1) is 6.61 Å². The molecule has 0 unspecified atom stereocenters. The van der Waals surface area contributed by atoms with Crippen LogP contribution >= 0.6 is 0 Å². The number of aliphatic hydroxyl groups excluding tert-OH is 1. The summed E-state index contributed by atoms with van der Waals surface area (Å²) >= 11 is 0. The molecule has 0 saturated heterocycles. The summed E-state index contributed by atoms with van der Waals surface area (Å²) in [6.07, 6.45) is 0. The molecule has 0 aliphatic carbocycles. The summed E-state index contributed by atoms with van der Waals surface area (Å²) in [5, 5.41) is 14.3. The van der Waals surface area contributed by atoms with E-state index in [0.717, 1.165) is 10.9 Å². The fraction of sp³-hybridized carbons (Fsp3) is 0.125. The van der Waals surface area contributed by atoms with E-state index in [-0.39, 0.29) is 6.61 Å². The molecule has 3 aromatic rings. The van der Waals surface area contributed by atoms with E-state index in [1.54, 1.807) is 0 Å². The first-order valence-electron chi connectivity index (χ1n) is 5.81. The summed E-state index contributed by atoms with van der Waals surface area (Å²) < 4.78 is 0. The molecule has 3 rings (SSSR count). The third-order valence-corrected chi connectivity index (χ3v) is 3.26. The highest BCUT2D eigenvalue weighted by molar-refractivity contribution is 6.08. The fourth-order valence-corrected chi connectivity index (χ4v) is 2.48. The van der Waals surface area contributed by atoms with Crippen molar-refractivity contribution in [1.82, 2.24) is 0 Å². The highest BCUT2D eigenvalue weighted by atomic mass is 16.3. The Hall–Kier alpha value is -1.86. The van der Waals surface area contributed by atoms with E-state index in [0.29, 0.717) is 0 Å². The van der Waals surface area contributed by atoms with Crippen LogP contribution in [0.25, 0.3) is 21.5 Å². The van der Waals surface area contributed by atoms with Crippen LogP contribution in [-0.4, -0.2) is 5.11 Å². The van der Waals surface area contributed by atoms with Gasteiger partial charge in [0.1, 0.15) is 0 Å². The van der Waals surface area contributed by atoms with Gasteiger partial charge < -0.3 is 5.11 Å². The zero-order chi connectivity index (χ0) is 11.8. The van der Waals surface area contributed by atoms with Crippen LogP contribution in [0.1, 0.15) is 11.1 Å². The minimum Gasteiger partial charge on any atom is -0.392 e. The van der Waals surface area contributed by atoms with E-state index >= 15 is 0 Å². The number of fused-ring (bicyclic) bond motifs is 3. The van der Waals surface area contributed by atoms with Gasteiger partial charge in [-0.25, -0.2) is 0 Å². The Labute approximate surface area is 100 Å². The predicted molar refractivity (Wildman–Crippen MR) is 72.1 cm³/mol. The lowest BCUT2D eigenvalue weighted by atomic mass is 9.97. The molecule has 84 valence electrons. The van der Waals surface area contributed by atoms with Crippen LogP contribution in [0.2, 0.25) is 0 Å². The zero-order valence-electron chi connectivity index (χ0n) is 9.77. The molecule has 0 aliphatic rings. The maximum absolute atomic E-state index is 9.43. The van der Waals surface area contributed by atoms with Gasteiger partial charge in [-0.15, -0.1) is 0 Å². The van der Waals surface area contributed by atoms with Crippen molar-refractivity contribution in [2.24, 2.45) is 0 Å². The van der Waals surface area contributed by atoms with E-state index in [4.69, 9.17) is 0 Å². The zero-order valence-corrected chi connectivity index (χ0v) is 9.77. The van der Waals surface area contributed by atoms with Gasteiger partial charge in [0.25, 0.3) is 0 Å². The first-order valence-corrected chi connectivity index (χ1v) is 5.81. The van der Waals surface area contributed by atoms with Gasteiger partial charge in [-0.05, 0) is 34.0 Å². The topological polar surface area (TPSA) is 20.2 Å². The second kappa shape index (κ2) is 3.86. The monoisotopic (exact) mass is 222 g/mol. The van der Waals surface area contributed by atoms with Gasteiger partial charge in [0, 0.05) is 0 Å². The summed E-state index contributed by atoms with van der Waals surface area (Å²) in [5.74, 6) is 0. The maximum atomic E-state index is 9.43. The number of aliphatic hydroxyl groups is 1. The van der Waals surface area contributed by atoms with Crippen LogP contribution in [0.3, 0.4) is 0 Å². The van der Waals surface area contributed by atoms with Crippen LogP contribution in [0.4, 0.5) is 0 Å². The third-order valence-electron chi connectivity index (χ3n) is 3.26. The number of aryl methyl sites for hydroxylation is 1. The lowest BCUT2D eigenvalue weighted by molar-refractivity contribution is 0.283. The summed E-state index contributed by atoms with van der Waals surface area (Å²) in [7, 11) is 0. The third kappa shape index (κ3) is 1.60. The van der Waals surface area contributed by atoms with Crippen molar-refractivity contribution < 1.29 is 5.11 Å². The normalized spacial score (nSPS) is 11.2. The van der Waals surface area contributed by atoms with Crippen LogP contribution in [0.15, 0.2) is 48.5 Å². The molecule has 1 nitrogen and oxygen atoms in total. The minimum absolute atomic E-state index is 0.0938. The van der Waals surface area contributed by atoms with Crippen molar-refractivity contribution in [3.63, 3.8) is 0 Å². The van der Waals surface area contributed by atoms with Gasteiger partial charge in [-0.1, -0.05) is 54.1 Å². The Kier molecular flexibility index (Phi) is 2.34. The van der Waals surface area contributed by atoms with Crippen LogP contribution in [0, 0.1) is 6.92 Å². The smallest absolute Gasteiger partial charge is 0.0687 e. The Balaban J connectivity index is 2.54. The predicted octanol–water partition coefficient (Wildman–Crippen LogP) is 3.79. The van der Waals surface area contributed by atoms with Gasteiger partial charge in [0.15, 0.2) is 0 Å². The van der Waals surface area contributed by atoms with Gasteiger partial charge in [-0.2, -0.15) is 0 Å². The Morgan fingerprint density at radius 1 is 0.882 bits per heavy atom. The number of benzene rings is 3. The van der Waals surface area contributed by atoms with Crippen LogP contribution < -0.4 is 0 Å². The lowest BCUT2D eigenvalue weighted by Gasteiger charge is -2.09. The number of hydrogen-bond donors (Lipinski definition) is 1. The maximum Gasteiger partial charge on any atom is 0.0687 e. The largest absolute Gasteiger partial charge is 0.392 e. The summed E-state index contributed by atoms with van der Waals surface area (Å²) in [4.78, 5) is 0. The van der Waals surface area contributed by atoms with Crippen molar-refractivity contribution in [1.29, 1.82) is 0 Å². The van der Waals surface area contributed by atoms with E-state index in [1.807, 2.05) is 0 Å². The highest BCUT2D eigenvalue weighted by Gasteiger charge is 2.04. The van der Waals surface area contributed by atoms with Crippen LogP contribution in [-0.2, 0) is 6.61 Å². The van der Waals surface area contributed by atoms with Crippen molar-refractivity contribution >= 4 is 21.5 Å². The summed E-state index contributed by atoms with van der Waals surface area (Å²) in [6.45, 7) is 2.16. The van der Waals surface area contributed by atoms with Gasteiger partial charge in [-0.3, -0.25) is 0 Å². The Morgan fingerprint density at radius 3 is 2.53 bits per heavy atom. The molecular formula is C16H14O. The molecule has 0 amide bonds. The molecule has 1 heteroatoms. The molecule has 0 fully saturated rings. The molecule has 0 bridgehead atoms. The fourth-order valence-electron chi connectivity index (χ4n) is 2.48.